The molecule has 0 aliphatic rings. The lowest BCUT2D eigenvalue weighted by Gasteiger charge is -2.18. The second kappa shape index (κ2) is 7.09. The summed E-state index contributed by atoms with van der Waals surface area (Å²) in [7, 11) is 0. The van der Waals surface area contributed by atoms with Crippen LogP contribution in [-0.2, 0) is 6.42 Å². The third-order valence-electron chi connectivity index (χ3n) is 3.32. The van der Waals surface area contributed by atoms with Crippen molar-refractivity contribution in [2.45, 2.75) is 39.7 Å². The normalized spacial score (nSPS) is 12.6. The van der Waals surface area contributed by atoms with Crippen molar-refractivity contribution in [1.82, 2.24) is 5.32 Å². The second-order valence-corrected chi connectivity index (χ2v) is 6.19. The summed E-state index contributed by atoms with van der Waals surface area (Å²) in [5.41, 5.74) is 3.97. The van der Waals surface area contributed by atoms with Crippen LogP contribution >= 0.6 is 15.9 Å². The Hall–Kier alpha value is -1.06. The maximum atomic E-state index is 5.65. The number of rotatable bonds is 6. The lowest BCUT2D eigenvalue weighted by molar-refractivity contribution is 0.408. The SMILES string of the molecule is CCCNC(Cc1cc(C)cc(C)c1)c1occc1Br. The molecule has 108 valence electrons. The number of hydrogen-bond donors (Lipinski definition) is 1. The summed E-state index contributed by atoms with van der Waals surface area (Å²) in [4.78, 5) is 0. The Kier molecular flexibility index (Phi) is 5.44. The zero-order valence-electron chi connectivity index (χ0n) is 12.4. The molecular formula is C17H22BrNO. The molecule has 1 aromatic carbocycles. The summed E-state index contributed by atoms with van der Waals surface area (Å²) in [6.45, 7) is 7.46. The van der Waals surface area contributed by atoms with E-state index in [9.17, 15) is 0 Å². The van der Waals surface area contributed by atoms with Crippen LogP contribution in [-0.4, -0.2) is 6.54 Å². The molecule has 0 amide bonds. The highest BCUT2D eigenvalue weighted by atomic mass is 79.9. The summed E-state index contributed by atoms with van der Waals surface area (Å²) < 4.78 is 6.68. The van der Waals surface area contributed by atoms with E-state index in [2.05, 4.69) is 60.2 Å². The Bertz CT molecular complexity index is 542. The third kappa shape index (κ3) is 3.97. The minimum absolute atomic E-state index is 0.209. The smallest absolute Gasteiger partial charge is 0.135 e. The van der Waals surface area contributed by atoms with Gasteiger partial charge in [0.25, 0.3) is 0 Å². The van der Waals surface area contributed by atoms with Gasteiger partial charge in [-0.05, 0) is 60.8 Å². The first-order valence-electron chi connectivity index (χ1n) is 7.13. The maximum absolute atomic E-state index is 5.65. The van der Waals surface area contributed by atoms with E-state index in [1.165, 1.54) is 16.7 Å². The van der Waals surface area contributed by atoms with Gasteiger partial charge in [-0.15, -0.1) is 0 Å². The van der Waals surface area contributed by atoms with Gasteiger partial charge in [0, 0.05) is 0 Å². The molecule has 1 atom stereocenters. The third-order valence-corrected chi connectivity index (χ3v) is 3.98. The van der Waals surface area contributed by atoms with Gasteiger partial charge in [-0.25, -0.2) is 0 Å². The van der Waals surface area contributed by atoms with E-state index in [4.69, 9.17) is 4.42 Å². The molecule has 0 saturated carbocycles. The predicted octanol–water partition coefficient (Wildman–Crippen LogP) is 4.94. The lowest BCUT2D eigenvalue weighted by Crippen LogP contribution is -2.24. The fourth-order valence-corrected chi connectivity index (χ4v) is 3.03. The number of hydrogen-bond acceptors (Lipinski definition) is 2. The summed E-state index contributed by atoms with van der Waals surface area (Å²) >= 11 is 3.57. The highest BCUT2D eigenvalue weighted by Gasteiger charge is 2.18. The van der Waals surface area contributed by atoms with E-state index >= 15 is 0 Å². The average Bonchev–Trinajstić information content (AvgIpc) is 2.79. The molecule has 0 saturated heterocycles. The van der Waals surface area contributed by atoms with Crippen molar-refractivity contribution < 1.29 is 4.42 Å². The van der Waals surface area contributed by atoms with Crippen LogP contribution in [0.15, 0.2) is 39.4 Å². The summed E-state index contributed by atoms with van der Waals surface area (Å²) in [5.74, 6) is 0.984. The Balaban J connectivity index is 2.21. The first-order valence-corrected chi connectivity index (χ1v) is 7.93. The molecule has 2 rings (SSSR count). The first kappa shape index (κ1) is 15.3. The number of benzene rings is 1. The molecule has 0 fully saturated rings. The van der Waals surface area contributed by atoms with Crippen LogP contribution in [0.5, 0.6) is 0 Å². The van der Waals surface area contributed by atoms with Crippen molar-refractivity contribution in [3.05, 3.63) is 57.5 Å². The first-order chi connectivity index (χ1) is 9.60. The monoisotopic (exact) mass is 335 g/mol. The van der Waals surface area contributed by atoms with Crippen molar-refractivity contribution in [2.75, 3.05) is 6.54 Å². The molecule has 20 heavy (non-hydrogen) atoms. The molecular weight excluding hydrogens is 314 g/mol. The van der Waals surface area contributed by atoms with Gasteiger partial charge in [-0.3, -0.25) is 0 Å². The molecule has 1 aromatic heterocycles. The van der Waals surface area contributed by atoms with Gasteiger partial charge >= 0.3 is 0 Å². The second-order valence-electron chi connectivity index (χ2n) is 5.34. The van der Waals surface area contributed by atoms with Crippen LogP contribution in [0.4, 0.5) is 0 Å². The van der Waals surface area contributed by atoms with E-state index in [1.807, 2.05) is 6.07 Å². The standard InChI is InChI=1S/C17H22BrNO/c1-4-6-19-16(17-15(18)5-7-20-17)11-14-9-12(2)8-13(3)10-14/h5,7-10,16,19H,4,6,11H2,1-3H3. The number of aryl methyl sites for hydroxylation is 2. The number of furan rings is 1. The van der Waals surface area contributed by atoms with Gasteiger partial charge in [0.1, 0.15) is 5.76 Å². The van der Waals surface area contributed by atoms with Crippen LogP contribution in [0.1, 0.15) is 41.8 Å². The van der Waals surface area contributed by atoms with Crippen LogP contribution in [0.25, 0.3) is 0 Å². The molecule has 1 heterocycles. The highest BCUT2D eigenvalue weighted by Crippen LogP contribution is 2.27. The van der Waals surface area contributed by atoms with Crippen molar-refractivity contribution in [1.29, 1.82) is 0 Å². The van der Waals surface area contributed by atoms with Gasteiger partial charge in [0.15, 0.2) is 0 Å². The molecule has 0 aliphatic heterocycles. The number of halogens is 1. The highest BCUT2D eigenvalue weighted by molar-refractivity contribution is 9.10. The minimum Gasteiger partial charge on any atom is -0.466 e. The molecule has 1 unspecified atom stereocenters. The van der Waals surface area contributed by atoms with Crippen LogP contribution < -0.4 is 5.32 Å². The molecule has 0 spiro atoms. The topological polar surface area (TPSA) is 25.2 Å². The van der Waals surface area contributed by atoms with Gasteiger partial charge in [-0.2, -0.15) is 0 Å². The van der Waals surface area contributed by atoms with E-state index in [0.717, 1.165) is 29.6 Å². The van der Waals surface area contributed by atoms with E-state index in [-0.39, 0.29) is 6.04 Å². The fourth-order valence-electron chi connectivity index (χ4n) is 2.55. The Morgan fingerprint density at radius 2 is 1.90 bits per heavy atom. The largest absolute Gasteiger partial charge is 0.466 e. The van der Waals surface area contributed by atoms with E-state index in [1.54, 1.807) is 6.26 Å². The maximum Gasteiger partial charge on any atom is 0.135 e. The van der Waals surface area contributed by atoms with Crippen molar-refractivity contribution in [2.24, 2.45) is 0 Å². The van der Waals surface area contributed by atoms with Crippen LogP contribution in [0, 0.1) is 13.8 Å². The van der Waals surface area contributed by atoms with Gasteiger partial charge in [0.05, 0.1) is 16.8 Å². The minimum atomic E-state index is 0.209. The van der Waals surface area contributed by atoms with E-state index < -0.39 is 0 Å². The quantitative estimate of drug-likeness (QED) is 0.808. The molecule has 1 N–H and O–H groups in total. The molecule has 2 nitrogen and oxygen atoms in total. The zero-order chi connectivity index (χ0) is 14.5. The summed E-state index contributed by atoms with van der Waals surface area (Å²) in [6, 6.07) is 8.88. The molecule has 3 heteroatoms. The van der Waals surface area contributed by atoms with E-state index in [0.29, 0.717) is 0 Å². The molecule has 2 aromatic rings. The van der Waals surface area contributed by atoms with Crippen molar-refractivity contribution >= 4 is 15.9 Å². The van der Waals surface area contributed by atoms with Gasteiger partial charge in [-0.1, -0.05) is 36.2 Å². The fraction of sp³-hybridized carbons (Fsp3) is 0.412. The summed E-state index contributed by atoms with van der Waals surface area (Å²) in [5, 5.41) is 3.58. The van der Waals surface area contributed by atoms with Gasteiger partial charge < -0.3 is 9.73 Å². The van der Waals surface area contributed by atoms with Crippen molar-refractivity contribution in [3.63, 3.8) is 0 Å². The van der Waals surface area contributed by atoms with Crippen LogP contribution in [0.2, 0.25) is 0 Å². The summed E-state index contributed by atoms with van der Waals surface area (Å²) in [6.07, 6.45) is 3.79. The van der Waals surface area contributed by atoms with Crippen LogP contribution in [0.3, 0.4) is 0 Å². The predicted molar refractivity (Wildman–Crippen MR) is 87.1 cm³/mol. The Morgan fingerprint density at radius 1 is 1.20 bits per heavy atom. The Morgan fingerprint density at radius 3 is 2.45 bits per heavy atom. The Labute approximate surface area is 129 Å². The average molecular weight is 336 g/mol. The lowest BCUT2D eigenvalue weighted by atomic mass is 10.00. The number of nitrogens with one attached hydrogen (secondary N) is 1. The molecule has 0 bridgehead atoms. The molecule has 0 radical (unpaired) electrons. The van der Waals surface area contributed by atoms with Crippen molar-refractivity contribution in [3.8, 4) is 0 Å². The zero-order valence-corrected chi connectivity index (χ0v) is 14.0. The van der Waals surface area contributed by atoms with Gasteiger partial charge in [0.2, 0.25) is 0 Å². The molecule has 0 aliphatic carbocycles.